The second-order valence-corrected chi connectivity index (χ2v) is 5.80. The van der Waals surface area contributed by atoms with Crippen LogP contribution in [0.25, 0.3) is 11.1 Å². The molecule has 0 spiro atoms. The molecule has 1 aromatic carbocycles. The van der Waals surface area contributed by atoms with E-state index >= 15 is 0 Å². The Morgan fingerprint density at radius 2 is 1.92 bits per heavy atom. The first-order chi connectivity index (χ1) is 11.7. The highest BCUT2D eigenvalue weighted by Crippen LogP contribution is 2.30. The number of rotatable bonds is 4. The summed E-state index contributed by atoms with van der Waals surface area (Å²) in [4.78, 5) is 6.52. The molecule has 1 aromatic heterocycles. The van der Waals surface area contributed by atoms with Gasteiger partial charge < -0.3 is 9.47 Å². The first-order valence-corrected chi connectivity index (χ1v) is 8.10. The minimum absolute atomic E-state index is 0.352. The Bertz CT molecular complexity index is 731. The van der Waals surface area contributed by atoms with Crippen molar-refractivity contribution in [1.82, 2.24) is 9.88 Å². The second-order valence-electron chi connectivity index (χ2n) is 5.80. The smallest absolute Gasteiger partial charge is 0.232 e. The molecule has 0 aliphatic carbocycles. The van der Waals surface area contributed by atoms with Gasteiger partial charge in [-0.15, -0.1) is 0 Å². The Labute approximate surface area is 142 Å². The van der Waals surface area contributed by atoms with Crippen LogP contribution in [0.3, 0.4) is 0 Å². The summed E-state index contributed by atoms with van der Waals surface area (Å²) in [5.74, 6) is 0.362. The molecule has 1 saturated heterocycles. The van der Waals surface area contributed by atoms with Gasteiger partial charge in [-0.1, -0.05) is 24.3 Å². The minimum atomic E-state index is 0.352. The molecule has 0 N–H and O–H groups in total. The van der Waals surface area contributed by atoms with Crippen LogP contribution in [0.15, 0.2) is 36.5 Å². The molecule has 3 rings (SSSR count). The normalized spacial score (nSPS) is 16.4. The molecule has 0 amide bonds. The maximum absolute atomic E-state index is 9.42. The molecule has 1 fully saturated rings. The van der Waals surface area contributed by atoms with E-state index in [9.17, 15) is 5.26 Å². The number of pyridine rings is 1. The van der Waals surface area contributed by atoms with Gasteiger partial charge in [-0.05, 0) is 24.1 Å². The largest absolute Gasteiger partial charge is 0.480 e. The molecule has 5 heteroatoms. The van der Waals surface area contributed by atoms with E-state index in [0.717, 1.165) is 37.4 Å². The fourth-order valence-electron chi connectivity index (χ4n) is 3.06. The van der Waals surface area contributed by atoms with E-state index in [4.69, 9.17) is 9.47 Å². The predicted octanol–water partition coefficient (Wildman–Crippen LogP) is 3.02. The molecule has 1 aliphatic rings. The predicted molar refractivity (Wildman–Crippen MR) is 91.7 cm³/mol. The Kier molecular flexibility index (Phi) is 5.09. The van der Waals surface area contributed by atoms with Crippen molar-refractivity contribution < 1.29 is 9.47 Å². The number of hydrogen-bond donors (Lipinski definition) is 0. The van der Waals surface area contributed by atoms with Crippen molar-refractivity contribution in [3.8, 4) is 23.1 Å². The lowest BCUT2D eigenvalue weighted by Crippen LogP contribution is -2.37. The summed E-state index contributed by atoms with van der Waals surface area (Å²) in [6.45, 7) is 5.73. The molecule has 0 unspecified atom stereocenters. The first kappa shape index (κ1) is 16.4. The summed E-state index contributed by atoms with van der Waals surface area (Å²) in [6.07, 6.45) is 1.67. The van der Waals surface area contributed by atoms with Gasteiger partial charge in [-0.2, -0.15) is 5.26 Å². The Morgan fingerprint density at radius 3 is 2.54 bits per heavy atom. The molecule has 24 heavy (non-hydrogen) atoms. The van der Waals surface area contributed by atoms with Gasteiger partial charge in [0.2, 0.25) is 5.88 Å². The molecular formula is C19H21N3O2. The van der Waals surface area contributed by atoms with Gasteiger partial charge in [0.25, 0.3) is 0 Å². The molecule has 1 aliphatic heterocycles. The fraction of sp³-hybridized carbons (Fsp3) is 0.368. The van der Waals surface area contributed by atoms with Crippen LogP contribution in [0.5, 0.6) is 5.88 Å². The van der Waals surface area contributed by atoms with E-state index in [1.807, 2.05) is 6.07 Å². The van der Waals surface area contributed by atoms with Gasteiger partial charge in [-0.3, -0.25) is 4.90 Å². The fourth-order valence-corrected chi connectivity index (χ4v) is 3.06. The van der Waals surface area contributed by atoms with Gasteiger partial charge in [0.05, 0.1) is 20.3 Å². The van der Waals surface area contributed by atoms with Crippen LogP contribution in [-0.4, -0.2) is 43.3 Å². The van der Waals surface area contributed by atoms with Crippen LogP contribution in [0.2, 0.25) is 0 Å². The van der Waals surface area contributed by atoms with Crippen molar-refractivity contribution in [2.45, 2.75) is 13.0 Å². The lowest BCUT2D eigenvalue weighted by molar-refractivity contribution is 0.0198. The highest BCUT2D eigenvalue weighted by atomic mass is 16.5. The zero-order valence-corrected chi connectivity index (χ0v) is 14.0. The van der Waals surface area contributed by atoms with E-state index in [0.29, 0.717) is 17.5 Å². The van der Waals surface area contributed by atoms with Gasteiger partial charge in [0, 0.05) is 30.9 Å². The van der Waals surface area contributed by atoms with Crippen molar-refractivity contribution in [2.24, 2.45) is 0 Å². The number of nitriles is 1. The van der Waals surface area contributed by atoms with Crippen LogP contribution < -0.4 is 4.74 Å². The molecule has 1 atom stereocenters. The lowest BCUT2D eigenvalue weighted by atomic mass is 9.98. The molecule has 0 saturated carbocycles. The van der Waals surface area contributed by atoms with E-state index in [1.54, 1.807) is 6.20 Å². The van der Waals surface area contributed by atoms with Crippen molar-refractivity contribution >= 4 is 0 Å². The second kappa shape index (κ2) is 7.43. The minimum Gasteiger partial charge on any atom is -0.480 e. The van der Waals surface area contributed by atoms with E-state index in [1.165, 1.54) is 12.7 Å². The van der Waals surface area contributed by atoms with Crippen LogP contribution >= 0.6 is 0 Å². The van der Waals surface area contributed by atoms with Crippen molar-refractivity contribution in [1.29, 1.82) is 5.26 Å². The summed E-state index contributed by atoms with van der Waals surface area (Å²) in [6, 6.07) is 12.8. The number of hydrogen-bond acceptors (Lipinski definition) is 5. The zero-order chi connectivity index (χ0) is 16.9. The average molecular weight is 323 g/mol. The van der Waals surface area contributed by atoms with E-state index in [2.05, 4.69) is 47.1 Å². The van der Waals surface area contributed by atoms with E-state index < -0.39 is 0 Å². The summed E-state index contributed by atoms with van der Waals surface area (Å²) in [7, 11) is 1.53. The van der Waals surface area contributed by atoms with Crippen LogP contribution in [0, 0.1) is 11.3 Å². The van der Waals surface area contributed by atoms with Crippen LogP contribution in [-0.2, 0) is 4.74 Å². The third-order valence-electron chi connectivity index (χ3n) is 4.52. The molecule has 0 radical (unpaired) electrons. The van der Waals surface area contributed by atoms with Crippen molar-refractivity contribution in [2.75, 3.05) is 33.4 Å². The number of morpholine rings is 1. The maximum Gasteiger partial charge on any atom is 0.232 e. The standard InChI is InChI=1S/C19H21N3O2/c1-14(22-9-11-24-12-10-22)15-3-5-16(6-4-15)17-7-8-21-19(23-2)18(17)13-20/h3-8,14H,9-12H2,1-2H3/t14-/m1/s1. The molecule has 5 nitrogen and oxygen atoms in total. The van der Waals surface area contributed by atoms with Gasteiger partial charge in [-0.25, -0.2) is 4.98 Å². The number of methoxy groups -OCH3 is 1. The molecule has 0 bridgehead atoms. The van der Waals surface area contributed by atoms with Gasteiger partial charge >= 0.3 is 0 Å². The van der Waals surface area contributed by atoms with E-state index in [-0.39, 0.29) is 0 Å². The summed E-state index contributed by atoms with van der Waals surface area (Å²) >= 11 is 0. The SMILES string of the molecule is COc1nccc(-c2ccc([C@@H](C)N3CCOCC3)cc2)c1C#N. The number of benzene rings is 1. The highest BCUT2D eigenvalue weighted by molar-refractivity contribution is 5.72. The molecular weight excluding hydrogens is 302 g/mol. The summed E-state index contributed by atoms with van der Waals surface area (Å²) in [5, 5.41) is 9.42. The van der Waals surface area contributed by atoms with Gasteiger partial charge in [0.1, 0.15) is 11.6 Å². The Hall–Kier alpha value is -2.42. The quantitative estimate of drug-likeness (QED) is 0.865. The monoisotopic (exact) mass is 323 g/mol. The Morgan fingerprint density at radius 1 is 1.21 bits per heavy atom. The highest BCUT2D eigenvalue weighted by Gasteiger charge is 2.19. The van der Waals surface area contributed by atoms with Crippen LogP contribution in [0.4, 0.5) is 0 Å². The Balaban J connectivity index is 1.86. The molecule has 2 heterocycles. The lowest BCUT2D eigenvalue weighted by Gasteiger charge is -2.32. The number of ether oxygens (including phenoxy) is 2. The molecule has 2 aromatic rings. The third kappa shape index (κ3) is 3.25. The third-order valence-corrected chi connectivity index (χ3v) is 4.52. The number of nitrogens with zero attached hydrogens (tertiary/aromatic N) is 3. The molecule has 124 valence electrons. The number of aromatic nitrogens is 1. The van der Waals surface area contributed by atoms with Crippen LogP contribution in [0.1, 0.15) is 24.1 Å². The zero-order valence-electron chi connectivity index (χ0n) is 14.0. The summed E-state index contributed by atoms with van der Waals surface area (Å²) in [5.41, 5.74) is 3.56. The summed E-state index contributed by atoms with van der Waals surface area (Å²) < 4.78 is 10.6. The maximum atomic E-state index is 9.42. The van der Waals surface area contributed by atoms with Gasteiger partial charge in [0.15, 0.2) is 0 Å². The average Bonchev–Trinajstić information content (AvgIpc) is 2.67. The topological polar surface area (TPSA) is 58.4 Å². The van der Waals surface area contributed by atoms with Crippen molar-refractivity contribution in [3.63, 3.8) is 0 Å². The van der Waals surface area contributed by atoms with Crippen molar-refractivity contribution in [3.05, 3.63) is 47.7 Å². The first-order valence-electron chi connectivity index (χ1n) is 8.10.